The molecule has 0 bridgehead atoms. The van der Waals surface area contributed by atoms with Crippen molar-refractivity contribution in [1.82, 2.24) is 10.6 Å². The summed E-state index contributed by atoms with van der Waals surface area (Å²) >= 11 is 8.20. The van der Waals surface area contributed by atoms with Gasteiger partial charge in [0.1, 0.15) is 5.75 Å². The first-order chi connectivity index (χ1) is 13.1. The van der Waals surface area contributed by atoms with Gasteiger partial charge in [-0.1, -0.05) is 11.6 Å². The second-order valence-electron chi connectivity index (χ2n) is 6.79. The minimum Gasteiger partial charge on any atom is -0.496 e. The molecular weight excluding hydrogens is 509 g/mol. The van der Waals surface area contributed by atoms with Crippen LogP contribution >= 0.6 is 47.3 Å². The molecule has 5 nitrogen and oxygen atoms in total. The monoisotopic (exact) mass is 541 g/mol. The van der Waals surface area contributed by atoms with Crippen molar-refractivity contribution in [3.8, 4) is 5.75 Å². The number of nitrogens with zero attached hydrogens (tertiary/aromatic N) is 1. The lowest BCUT2D eigenvalue weighted by atomic mass is 9.73. The quantitative estimate of drug-likeness (QED) is 0.211. The zero-order valence-electron chi connectivity index (χ0n) is 17.1. The second kappa shape index (κ2) is 13.8. The van der Waals surface area contributed by atoms with Crippen LogP contribution in [0.2, 0.25) is 5.02 Å². The highest BCUT2D eigenvalue weighted by molar-refractivity contribution is 14.0. The summed E-state index contributed by atoms with van der Waals surface area (Å²) < 4.78 is 11.3. The number of rotatable bonds is 9. The number of guanidine groups is 1. The maximum Gasteiger partial charge on any atom is 0.191 e. The Morgan fingerprint density at radius 3 is 2.68 bits per heavy atom. The van der Waals surface area contributed by atoms with E-state index in [4.69, 9.17) is 21.1 Å². The third kappa shape index (κ3) is 7.46. The van der Waals surface area contributed by atoms with Gasteiger partial charge in [-0.3, -0.25) is 4.99 Å². The Morgan fingerprint density at radius 1 is 1.29 bits per heavy atom. The molecule has 1 aromatic carbocycles. The Labute approximate surface area is 195 Å². The van der Waals surface area contributed by atoms with Gasteiger partial charge >= 0.3 is 0 Å². The highest BCUT2D eigenvalue weighted by Gasteiger charge is 2.37. The van der Waals surface area contributed by atoms with Crippen molar-refractivity contribution < 1.29 is 9.47 Å². The normalized spacial score (nSPS) is 16.2. The molecule has 28 heavy (non-hydrogen) atoms. The van der Waals surface area contributed by atoms with Gasteiger partial charge < -0.3 is 20.1 Å². The van der Waals surface area contributed by atoms with Crippen LogP contribution in [-0.4, -0.2) is 58.4 Å². The van der Waals surface area contributed by atoms with Gasteiger partial charge in [0.25, 0.3) is 0 Å². The van der Waals surface area contributed by atoms with E-state index in [0.717, 1.165) is 67.9 Å². The highest BCUT2D eigenvalue weighted by atomic mass is 127. The van der Waals surface area contributed by atoms with Crippen LogP contribution in [0.1, 0.15) is 31.2 Å². The number of unbranched alkanes of at least 4 members (excludes halogenated alkanes) is 1. The predicted molar refractivity (Wildman–Crippen MR) is 132 cm³/mol. The lowest BCUT2D eigenvalue weighted by Crippen LogP contribution is -2.48. The van der Waals surface area contributed by atoms with Gasteiger partial charge in [-0.2, -0.15) is 11.8 Å². The van der Waals surface area contributed by atoms with Crippen LogP contribution in [0.3, 0.4) is 0 Å². The van der Waals surface area contributed by atoms with Gasteiger partial charge in [-0.05, 0) is 55.9 Å². The lowest BCUT2D eigenvalue weighted by molar-refractivity contribution is 0.0505. The molecule has 0 radical (unpaired) electrons. The molecule has 0 saturated carbocycles. The van der Waals surface area contributed by atoms with E-state index in [1.54, 1.807) is 7.11 Å². The van der Waals surface area contributed by atoms with Crippen molar-refractivity contribution in [1.29, 1.82) is 0 Å². The maximum absolute atomic E-state index is 6.31. The van der Waals surface area contributed by atoms with Gasteiger partial charge in [-0.25, -0.2) is 0 Å². The third-order valence-electron chi connectivity index (χ3n) is 5.07. The first kappa shape index (κ1) is 25.7. The molecule has 1 saturated heterocycles. The van der Waals surface area contributed by atoms with Crippen LogP contribution < -0.4 is 15.4 Å². The Balaban J connectivity index is 0.00000392. The lowest BCUT2D eigenvalue weighted by Gasteiger charge is -2.39. The molecule has 8 heteroatoms. The van der Waals surface area contributed by atoms with E-state index in [-0.39, 0.29) is 29.4 Å². The molecule has 1 aromatic rings. The summed E-state index contributed by atoms with van der Waals surface area (Å²) in [7, 11) is 3.52. The molecule has 0 unspecified atom stereocenters. The average molecular weight is 542 g/mol. The molecular formula is C20H33ClIN3O2S. The second-order valence-corrected chi connectivity index (χ2v) is 8.21. The molecule has 0 aromatic heterocycles. The van der Waals surface area contributed by atoms with Gasteiger partial charge in [-0.15, -0.1) is 24.0 Å². The topological polar surface area (TPSA) is 54.9 Å². The standard InChI is InChI=1S/C20H32ClN3O2S.HI/c1-22-19(23-10-4-5-13-27-3)24-15-20(8-11-26-12-9-20)17-14-16(21)6-7-18(17)25-2;/h6-7,14H,4-5,8-13,15H2,1-3H3,(H2,22,23,24);1H. The number of benzene rings is 1. The summed E-state index contributed by atoms with van der Waals surface area (Å²) in [6.45, 7) is 3.16. The van der Waals surface area contributed by atoms with Gasteiger partial charge in [0.15, 0.2) is 5.96 Å². The van der Waals surface area contributed by atoms with Crippen molar-refractivity contribution in [2.24, 2.45) is 4.99 Å². The van der Waals surface area contributed by atoms with Crippen LogP contribution in [0.5, 0.6) is 5.75 Å². The summed E-state index contributed by atoms with van der Waals surface area (Å²) in [5, 5.41) is 7.67. The molecule has 2 rings (SSSR count). The largest absolute Gasteiger partial charge is 0.496 e. The van der Waals surface area contributed by atoms with E-state index in [1.807, 2.05) is 37.0 Å². The molecule has 0 amide bonds. The third-order valence-corrected chi connectivity index (χ3v) is 6.00. The summed E-state index contributed by atoms with van der Waals surface area (Å²) in [5.41, 5.74) is 1.05. The molecule has 1 aliphatic rings. The zero-order chi connectivity index (χ0) is 19.5. The van der Waals surface area contributed by atoms with Gasteiger partial charge in [0, 0.05) is 49.4 Å². The summed E-state index contributed by atoms with van der Waals surface area (Å²) in [4.78, 5) is 4.38. The van der Waals surface area contributed by atoms with E-state index >= 15 is 0 Å². The van der Waals surface area contributed by atoms with Crippen LogP contribution in [0, 0.1) is 0 Å². The Hall–Kier alpha value is -0.380. The molecule has 160 valence electrons. The number of ether oxygens (including phenoxy) is 2. The summed E-state index contributed by atoms with van der Waals surface area (Å²) in [6, 6.07) is 5.86. The first-order valence-corrected chi connectivity index (χ1v) is 11.3. The van der Waals surface area contributed by atoms with E-state index < -0.39 is 0 Å². The maximum atomic E-state index is 6.31. The van der Waals surface area contributed by atoms with Crippen LogP contribution in [0.4, 0.5) is 0 Å². The minimum absolute atomic E-state index is 0. The Bertz CT molecular complexity index is 613. The number of halogens is 2. The van der Waals surface area contributed by atoms with Crippen molar-refractivity contribution >= 4 is 53.3 Å². The fourth-order valence-corrected chi connectivity index (χ4v) is 4.11. The van der Waals surface area contributed by atoms with Crippen molar-refractivity contribution in [2.75, 3.05) is 52.5 Å². The fourth-order valence-electron chi connectivity index (χ4n) is 3.45. The van der Waals surface area contributed by atoms with Crippen LogP contribution in [0.25, 0.3) is 0 Å². The zero-order valence-corrected chi connectivity index (χ0v) is 21.0. The first-order valence-electron chi connectivity index (χ1n) is 9.50. The van der Waals surface area contributed by atoms with Crippen molar-refractivity contribution in [3.63, 3.8) is 0 Å². The van der Waals surface area contributed by atoms with Crippen molar-refractivity contribution in [2.45, 2.75) is 31.1 Å². The highest BCUT2D eigenvalue weighted by Crippen LogP contribution is 2.40. The molecule has 1 aliphatic heterocycles. The number of hydrogen-bond donors (Lipinski definition) is 2. The van der Waals surface area contributed by atoms with Crippen LogP contribution in [0.15, 0.2) is 23.2 Å². The van der Waals surface area contributed by atoms with Gasteiger partial charge in [0.2, 0.25) is 0 Å². The minimum atomic E-state index is -0.0923. The smallest absolute Gasteiger partial charge is 0.191 e. The predicted octanol–water partition coefficient (Wildman–Crippen LogP) is 4.32. The number of thioether (sulfide) groups is 1. The number of hydrogen-bond acceptors (Lipinski definition) is 4. The summed E-state index contributed by atoms with van der Waals surface area (Å²) in [6.07, 6.45) is 6.34. The van der Waals surface area contributed by atoms with E-state index in [0.29, 0.717) is 0 Å². The Morgan fingerprint density at radius 2 is 2.04 bits per heavy atom. The number of aliphatic imine (C=N–C) groups is 1. The molecule has 2 N–H and O–H groups in total. The van der Waals surface area contributed by atoms with Crippen LogP contribution in [-0.2, 0) is 10.2 Å². The fraction of sp³-hybridized carbons (Fsp3) is 0.650. The molecule has 1 heterocycles. The van der Waals surface area contributed by atoms with E-state index in [9.17, 15) is 0 Å². The molecule has 0 aliphatic carbocycles. The average Bonchev–Trinajstić information content (AvgIpc) is 2.70. The van der Waals surface area contributed by atoms with E-state index in [1.165, 1.54) is 12.2 Å². The Kier molecular flexibility index (Phi) is 12.6. The number of nitrogens with one attached hydrogen (secondary N) is 2. The molecule has 1 fully saturated rings. The molecule has 0 spiro atoms. The summed E-state index contributed by atoms with van der Waals surface area (Å²) in [5.74, 6) is 2.92. The van der Waals surface area contributed by atoms with Gasteiger partial charge in [0.05, 0.1) is 7.11 Å². The van der Waals surface area contributed by atoms with Crippen molar-refractivity contribution in [3.05, 3.63) is 28.8 Å². The SMILES string of the molecule is CN=C(NCCCCSC)NCC1(c2cc(Cl)ccc2OC)CCOCC1.I. The van der Waals surface area contributed by atoms with E-state index in [2.05, 4.69) is 21.9 Å². The number of methoxy groups -OCH3 is 1. The molecule has 0 atom stereocenters.